The Hall–Kier alpha value is -2.88. The number of nitrogens with zero attached hydrogens (tertiary/aromatic N) is 2. The van der Waals surface area contributed by atoms with Gasteiger partial charge in [0.2, 0.25) is 0 Å². The van der Waals surface area contributed by atoms with Gasteiger partial charge >= 0.3 is 8.05 Å². The maximum Gasteiger partial charge on any atom is 0.374 e. The van der Waals surface area contributed by atoms with E-state index < -0.39 is 0 Å². The van der Waals surface area contributed by atoms with Crippen molar-refractivity contribution < 1.29 is 4.65 Å². The summed E-state index contributed by atoms with van der Waals surface area (Å²) in [6, 6.07) is 20.1. The molecule has 0 saturated carbocycles. The molecular formula is C21H17BN2O. The molecule has 4 heteroatoms. The molecule has 25 heavy (non-hydrogen) atoms. The molecule has 0 bridgehead atoms. The summed E-state index contributed by atoms with van der Waals surface area (Å²) < 4.78 is 5.07. The van der Waals surface area contributed by atoms with E-state index in [1.807, 2.05) is 30.3 Å². The summed E-state index contributed by atoms with van der Waals surface area (Å²) in [5, 5.41) is 2.16. The van der Waals surface area contributed by atoms with Crippen molar-refractivity contribution in [3.63, 3.8) is 0 Å². The van der Waals surface area contributed by atoms with Crippen LogP contribution in [0.25, 0.3) is 21.8 Å². The van der Waals surface area contributed by atoms with Crippen molar-refractivity contribution >= 4 is 29.9 Å². The minimum Gasteiger partial charge on any atom is -0.568 e. The van der Waals surface area contributed by atoms with Gasteiger partial charge in [0.05, 0.1) is 16.7 Å². The van der Waals surface area contributed by atoms with Gasteiger partial charge in [-0.25, -0.2) is 4.98 Å². The predicted octanol–water partition coefficient (Wildman–Crippen LogP) is 4.57. The van der Waals surface area contributed by atoms with E-state index in [0.29, 0.717) is 5.75 Å². The molecular weight excluding hydrogens is 307 g/mol. The number of fused-ring (bicyclic) bond motifs is 3. The highest BCUT2D eigenvalue weighted by atomic mass is 16.4. The fourth-order valence-electron chi connectivity index (χ4n) is 3.30. The van der Waals surface area contributed by atoms with Gasteiger partial charge in [-0.3, -0.25) is 4.98 Å². The highest BCUT2D eigenvalue weighted by molar-refractivity contribution is 6.02. The molecule has 2 aromatic carbocycles. The number of rotatable bonds is 3. The monoisotopic (exact) mass is 324 g/mol. The molecule has 4 rings (SSSR count). The molecule has 0 saturated heterocycles. The van der Waals surface area contributed by atoms with Crippen molar-refractivity contribution in [3.05, 3.63) is 78.1 Å². The zero-order valence-electron chi connectivity index (χ0n) is 14.2. The van der Waals surface area contributed by atoms with Gasteiger partial charge in [0.15, 0.2) is 0 Å². The van der Waals surface area contributed by atoms with Gasteiger partial charge < -0.3 is 4.65 Å². The first-order chi connectivity index (χ1) is 12.1. The fourth-order valence-corrected chi connectivity index (χ4v) is 3.30. The molecule has 3 nitrogen and oxygen atoms in total. The van der Waals surface area contributed by atoms with E-state index in [-0.39, 0.29) is 5.41 Å². The van der Waals surface area contributed by atoms with Crippen LogP contribution in [0, 0.1) is 0 Å². The van der Waals surface area contributed by atoms with Crippen LogP contribution in [-0.2, 0) is 5.41 Å². The van der Waals surface area contributed by atoms with E-state index in [0.717, 1.165) is 33.1 Å². The Bertz CT molecular complexity index is 1080. The van der Waals surface area contributed by atoms with Crippen LogP contribution in [0.5, 0.6) is 5.75 Å². The first-order valence-corrected chi connectivity index (χ1v) is 8.22. The fraction of sp³-hybridized carbons (Fsp3) is 0.143. The molecule has 0 fully saturated rings. The van der Waals surface area contributed by atoms with Gasteiger partial charge in [-0.1, -0.05) is 56.3 Å². The maximum atomic E-state index is 5.46. The molecule has 0 N–H and O–H groups in total. The minimum absolute atomic E-state index is 0.360. The summed E-state index contributed by atoms with van der Waals surface area (Å²) in [6.45, 7) is 4.25. The third-order valence-corrected chi connectivity index (χ3v) is 4.76. The summed E-state index contributed by atoms with van der Waals surface area (Å²) in [4.78, 5) is 9.50. The number of hydrogen-bond acceptors (Lipinski definition) is 3. The van der Waals surface area contributed by atoms with E-state index in [9.17, 15) is 0 Å². The van der Waals surface area contributed by atoms with Crippen molar-refractivity contribution in [2.45, 2.75) is 19.3 Å². The van der Waals surface area contributed by atoms with Crippen molar-refractivity contribution in [2.75, 3.05) is 0 Å². The molecule has 0 aliphatic carbocycles. The van der Waals surface area contributed by atoms with Crippen molar-refractivity contribution in [3.8, 4) is 5.75 Å². The second-order valence-electron chi connectivity index (χ2n) is 6.65. The van der Waals surface area contributed by atoms with Crippen molar-refractivity contribution in [1.82, 2.24) is 9.97 Å². The summed E-state index contributed by atoms with van der Waals surface area (Å²) >= 11 is 0. The Morgan fingerprint density at radius 1 is 0.840 bits per heavy atom. The minimum atomic E-state index is -0.360. The quantitative estimate of drug-likeness (QED) is 0.409. The standard InChI is InChI=1S/C21H17BN2O/c1-21(2,16-7-3-4-8-17(16)25-22)18-12-11-15-10-9-14-6-5-13-23-19(14)20(15)24-18/h3-13H,1-2H3. The Morgan fingerprint density at radius 2 is 1.56 bits per heavy atom. The number of pyridine rings is 2. The van der Waals surface area contributed by atoms with Gasteiger partial charge in [-0.15, -0.1) is 0 Å². The predicted molar refractivity (Wildman–Crippen MR) is 102 cm³/mol. The Kier molecular flexibility index (Phi) is 3.68. The SMILES string of the molecule is [B]Oc1ccccc1C(C)(C)c1ccc2ccc3cccnc3c2n1. The zero-order chi connectivity index (χ0) is 17.4. The van der Waals surface area contributed by atoms with Crippen LogP contribution in [-0.4, -0.2) is 18.0 Å². The van der Waals surface area contributed by atoms with Gasteiger partial charge in [-0.2, -0.15) is 0 Å². The first-order valence-electron chi connectivity index (χ1n) is 8.22. The molecule has 0 aliphatic rings. The molecule has 2 aromatic heterocycles. The lowest BCUT2D eigenvalue weighted by molar-refractivity contribution is 0.551. The van der Waals surface area contributed by atoms with Crippen molar-refractivity contribution in [2.24, 2.45) is 0 Å². The third kappa shape index (κ3) is 2.54. The van der Waals surface area contributed by atoms with Gasteiger partial charge in [-0.05, 0) is 18.2 Å². The van der Waals surface area contributed by atoms with Crippen LogP contribution in [0.4, 0.5) is 0 Å². The van der Waals surface area contributed by atoms with Crippen LogP contribution < -0.4 is 4.65 Å². The van der Waals surface area contributed by atoms with E-state index in [4.69, 9.17) is 17.7 Å². The summed E-state index contributed by atoms with van der Waals surface area (Å²) in [6.07, 6.45) is 1.80. The number of aromatic nitrogens is 2. The Balaban J connectivity index is 1.95. The smallest absolute Gasteiger partial charge is 0.374 e. The zero-order valence-corrected chi connectivity index (χ0v) is 14.2. The average molecular weight is 324 g/mol. The Morgan fingerprint density at radius 3 is 2.36 bits per heavy atom. The van der Waals surface area contributed by atoms with Gasteiger partial charge in [0, 0.05) is 27.9 Å². The van der Waals surface area contributed by atoms with E-state index in [2.05, 4.69) is 49.2 Å². The van der Waals surface area contributed by atoms with Crippen LogP contribution >= 0.6 is 0 Å². The molecule has 0 spiro atoms. The van der Waals surface area contributed by atoms with E-state index in [1.165, 1.54) is 0 Å². The highest BCUT2D eigenvalue weighted by Gasteiger charge is 2.28. The summed E-state index contributed by atoms with van der Waals surface area (Å²) in [5.41, 5.74) is 3.41. The van der Waals surface area contributed by atoms with Crippen LogP contribution in [0.2, 0.25) is 0 Å². The second kappa shape index (κ2) is 5.89. The number of benzene rings is 2. The van der Waals surface area contributed by atoms with Crippen LogP contribution in [0.3, 0.4) is 0 Å². The summed E-state index contributed by atoms with van der Waals surface area (Å²) in [5.74, 6) is 0.658. The average Bonchev–Trinajstić information content (AvgIpc) is 2.67. The van der Waals surface area contributed by atoms with E-state index >= 15 is 0 Å². The highest BCUT2D eigenvalue weighted by Crippen LogP contribution is 2.37. The molecule has 4 aromatic rings. The number of hydrogen-bond donors (Lipinski definition) is 0. The number of para-hydroxylation sites is 1. The molecule has 0 atom stereocenters. The third-order valence-electron chi connectivity index (χ3n) is 4.76. The molecule has 2 heterocycles. The van der Waals surface area contributed by atoms with Gasteiger partial charge in [0.25, 0.3) is 0 Å². The normalized spacial score (nSPS) is 11.8. The molecule has 0 unspecified atom stereocenters. The topological polar surface area (TPSA) is 35.0 Å². The van der Waals surface area contributed by atoms with Crippen LogP contribution in [0.15, 0.2) is 66.9 Å². The van der Waals surface area contributed by atoms with E-state index in [1.54, 1.807) is 6.20 Å². The lowest BCUT2D eigenvalue weighted by Crippen LogP contribution is -2.21. The molecule has 0 aliphatic heterocycles. The Labute approximate surface area is 148 Å². The van der Waals surface area contributed by atoms with Crippen LogP contribution in [0.1, 0.15) is 25.1 Å². The maximum absolute atomic E-state index is 5.46. The van der Waals surface area contributed by atoms with Gasteiger partial charge in [0.1, 0.15) is 5.75 Å². The lowest BCUT2D eigenvalue weighted by atomic mass is 9.80. The molecule has 2 radical (unpaired) electrons. The second-order valence-corrected chi connectivity index (χ2v) is 6.65. The lowest BCUT2D eigenvalue weighted by Gasteiger charge is -2.27. The summed E-state index contributed by atoms with van der Waals surface area (Å²) in [7, 11) is 5.46. The molecule has 0 amide bonds. The first kappa shape index (κ1) is 15.6. The largest absolute Gasteiger partial charge is 0.568 e. The molecule has 120 valence electrons. The van der Waals surface area contributed by atoms with Crippen molar-refractivity contribution in [1.29, 1.82) is 0 Å².